The minimum absolute atomic E-state index is 0.0636. The summed E-state index contributed by atoms with van der Waals surface area (Å²) in [4.78, 5) is 41.1. The molecule has 0 unspecified atom stereocenters. The van der Waals surface area contributed by atoms with Crippen LogP contribution in [0.15, 0.2) is 59.7 Å². The second-order valence-corrected chi connectivity index (χ2v) is 7.31. The molecule has 1 N–H and O–H groups in total. The van der Waals surface area contributed by atoms with E-state index >= 15 is 0 Å². The molecular weight excluding hydrogens is 382 g/mol. The molecule has 154 valence electrons. The van der Waals surface area contributed by atoms with E-state index in [2.05, 4.69) is 15.4 Å². The monoisotopic (exact) mass is 405 g/mol. The Kier molecular flexibility index (Phi) is 5.83. The largest absolute Gasteiger partial charge is 0.354 e. The van der Waals surface area contributed by atoms with Gasteiger partial charge in [-0.1, -0.05) is 30.3 Å². The molecule has 1 saturated carbocycles. The third-order valence-electron chi connectivity index (χ3n) is 5.02. The van der Waals surface area contributed by atoms with Crippen LogP contribution in [-0.4, -0.2) is 37.6 Å². The molecule has 1 amide bonds. The summed E-state index contributed by atoms with van der Waals surface area (Å²) in [7, 11) is 0. The number of hydrogen-bond acceptors (Lipinski definition) is 5. The van der Waals surface area contributed by atoms with Crippen molar-refractivity contribution in [2.45, 2.75) is 38.3 Å². The molecular formula is C22H23N5O3. The molecule has 0 radical (unpaired) electrons. The number of nitrogens with one attached hydrogen (secondary N) is 1. The Bertz CT molecular complexity index is 1080. The lowest BCUT2D eigenvalue weighted by Gasteiger charge is -2.05. The number of aromatic nitrogens is 4. The predicted molar refractivity (Wildman–Crippen MR) is 111 cm³/mol. The van der Waals surface area contributed by atoms with Crippen molar-refractivity contribution in [2.75, 3.05) is 6.54 Å². The molecule has 3 aromatic rings. The van der Waals surface area contributed by atoms with Crippen LogP contribution >= 0.6 is 0 Å². The molecule has 1 aliphatic carbocycles. The van der Waals surface area contributed by atoms with Gasteiger partial charge in [0.1, 0.15) is 0 Å². The zero-order valence-electron chi connectivity index (χ0n) is 16.5. The lowest BCUT2D eigenvalue weighted by Crippen LogP contribution is -2.32. The first-order chi connectivity index (χ1) is 14.6. The Balaban J connectivity index is 1.33. The summed E-state index contributed by atoms with van der Waals surface area (Å²) in [6.45, 7) is 0.538. The van der Waals surface area contributed by atoms with Gasteiger partial charge in [0.05, 0.1) is 6.54 Å². The second kappa shape index (κ2) is 8.86. The van der Waals surface area contributed by atoms with Gasteiger partial charge < -0.3 is 5.32 Å². The summed E-state index contributed by atoms with van der Waals surface area (Å²) in [6, 6.07) is 12.8. The molecule has 0 aliphatic heterocycles. The predicted octanol–water partition coefficient (Wildman–Crippen LogP) is 2.22. The summed E-state index contributed by atoms with van der Waals surface area (Å²) in [5.74, 6) is 0.322. The molecule has 8 nitrogen and oxygen atoms in total. The van der Waals surface area contributed by atoms with E-state index in [9.17, 15) is 14.4 Å². The van der Waals surface area contributed by atoms with E-state index in [1.807, 2.05) is 18.2 Å². The van der Waals surface area contributed by atoms with Gasteiger partial charge in [0, 0.05) is 48.9 Å². The number of Topliss-reactive ketones (excluding diaryl/α,β-unsaturated/α-hetero) is 1. The van der Waals surface area contributed by atoms with E-state index in [0.29, 0.717) is 11.4 Å². The summed E-state index contributed by atoms with van der Waals surface area (Å²) in [5, 5.41) is 7.24. The fourth-order valence-electron chi connectivity index (χ4n) is 3.30. The molecule has 30 heavy (non-hydrogen) atoms. The standard InChI is InChI=1S/C22H23N5O3/c28-19(16-5-2-1-3-6-16)10-11-20(29)24-13-14-26-22(30)27(18-8-9-18)21(25-26)17-7-4-12-23-15-17/h1-7,12,15,18H,8-11,13-14H2,(H,24,29). The highest BCUT2D eigenvalue weighted by molar-refractivity contribution is 5.97. The fraction of sp³-hybridized carbons (Fsp3) is 0.318. The van der Waals surface area contributed by atoms with Crippen molar-refractivity contribution < 1.29 is 9.59 Å². The number of benzene rings is 1. The molecule has 4 rings (SSSR count). The van der Waals surface area contributed by atoms with Crippen molar-refractivity contribution in [3.63, 3.8) is 0 Å². The summed E-state index contributed by atoms with van der Waals surface area (Å²) < 4.78 is 3.10. The van der Waals surface area contributed by atoms with Crippen molar-refractivity contribution in [1.29, 1.82) is 0 Å². The Morgan fingerprint density at radius 3 is 2.57 bits per heavy atom. The molecule has 1 fully saturated rings. The van der Waals surface area contributed by atoms with Crippen molar-refractivity contribution in [3.05, 3.63) is 70.9 Å². The number of pyridine rings is 1. The number of ketones is 1. The third-order valence-corrected chi connectivity index (χ3v) is 5.02. The first-order valence-electron chi connectivity index (χ1n) is 10.1. The van der Waals surface area contributed by atoms with Crippen LogP contribution in [0.3, 0.4) is 0 Å². The highest BCUT2D eigenvalue weighted by atomic mass is 16.2. The Labute approximate surface area is 173 Å². The van der Waals surface area contributed by atoms with Crippen molar-refractivity contribution in [2.24, 2.45) is 0 Å². The maximum Gasteiger partial charge on any atom is 0.346 e. The molecule has 0 bridgehead atoms. The molecule has 0 saturated heterocycles. The molecule has 0 spiro atoms. The number of rotatable bonds is 9. The number of carbonyl (C=O) groups excluding carboxylic acids is 2. The average Bonchev–Trinajstić information content (AvgIpc) is 3.57. The average molecular weight is 405 g/mol. The van der Waals surface area contributed by atoms with E-state index in [-0.39, 0.29) is 49.4 Å². The summed E-state index contributed by atoms with van der Waals surface area (Å²) in [5.41, 5.74) is 1.22. The molecule has 1 aliphatic rings. The van der Waals surface area contributed by atoms with Crippen LogP contribution in [0.1, 0.15) is 42.1 Å². The van der Waals surface area contributed by atoms with Gasteiger partial charge in [-0.25, -0.2) is 9.48 Å². The van der Waals surface area contributed by atoms with Crippen LogP contribution in [0.4, 0.5) is 0 Å². The zero-order chi connectivity index (χ0) is 20.9. The fourth-order valence-corrected chi connectivity index (χ4v) is 3.30. The SMILES string of the molecule is O=C(CCC(=O)c1ccccc1)NCCn1nc(-c2cccnc2)n(C2CC2)c1=O. The Hall–Kier alpha value is -3.55. The minimum atomic E-state index is -0.221. The molecule has 8 heteroatoms. The topological polar surface area (TPSA) is 98.9 Å². The van der Waals surface area contributed by atoms with E-state index in [0.717, 1.165) is 18.4 Å². The van der Waals surface area contributed by atoms with E-state index < -0.39 is 0 Å². The van der Waals surface area contributed by atoms with Crippen LogP contribution in [0.5, 0.6) is 0 Å². The molecule has 0 atom stereocenters. The number of hydrogen-bond donors (Lipinski definition) is 1. The van der Waals surface area contributed by atoms with Crippen LogP contribution in [0, 0.1) is 0 Å². The van der Waals surface area contributed by atoms with Gasteiger partial charge in [-0.15, -0.1) is 5.10 Å². The first-order valence-corrected chi connectivity index (χ1v) is 10.1. The van der Waals surface area contributed by atoms with Crippen LogP contribution in [0.2, 0.25) is 0 Å². The van der Waals surface area contributed by atoms with Gasteiger partial charge >= 0.3 is 5.69 Å². The quantitative estimate of drug-likeness (QED) is 0.551. The highest BCUT2D eigenvalue weighted by Gasteiger charge is 2.30. The van der Waals surface area contributed by atoms with Crippen LogP contribution in [-0.2, 0) is 11.3 Å². The second-order valence-electron chi connectivity index (χ2n) is 7.31. The Morgan fingerprint density at radius 2 is 1.87 bits per heavy atom. The first kappa shape index (κ1) is 19.8. The van der Waals surface area contributed by atoms with Crippen LogP contribution in [0.25, 0.3) is 11.4 Å². The number of amides is 1. The zero-order valence-corrected chi connectivity index (χ0v) is 16.5. The number of nitrogens with zero attached hydrogens (tertiary/aromatic N) is 4. The van der Waals surface area contributed by atoms with E-state index in [4.69, 9.17) is 0 Å². The molecule has 1 aromatic carbocycles. The number of carbonyl (C=O) groups is 2. The maximum absolute atomic E-state index is 12.8. The summed E-state index contributed by atoms with van der Waals surface area (Å²) in [6.07, 6.45) is 5.56. The normalized spacial score (nSPS) is 13.2. The maximum atomic E-state index is 12.8. The van der Waals surface area contributed by atoms with Crippen molar-refractivity contribution in [1.82, 2.24) is 24.6 Å². The van der Waals surface area contributed by atoms with E-state index in [1.54, 1.807) is 41.2 Å². The lowest BCUT2D eigenvalue weighted by atomic mass is 10.1. The van der Waals surface area contributed by atoms with Gasteiger partial charge in [-0.05, 0) is 25.0 Å². The minimum Gasteiger partial charge on any atom is -0.354 e. The van der Waals surface area contributed by atoms with Gasteiger partial charge in [0.15, 0.2) is 11.6 Å². The van der Waals surface area contributed by atoms with E-state index in [1.165, 1.54) is 4.68 Å². The van der Waals surface area contributed by atoms with Gasteiger partial charge in [0.25, 0.3) is 0 Å². The van der Waals surface area contributed by atoms with Crippen LogP contribution < -0.4 is 11.0 Å². The van der Waals surface area contributed by atoms with Gasteiger partial charge in [-0.2, -0.15) is 0 Å². The smallest absolute Gasteiger partial charge is 0.346 e. The molecule has 2 aromatic heterocycles. The van der Waals surface area contributed by atoms with Gasteiger partial charge in [-0.3, -0.25) is 19.1 Å². The van der Waals surface area contributed by atoms with Crippen molar-refractivity contribution in [3.8, 4) is 11.4 Å². The summed E-state index contributed by atoms with van der Waals surface area (Å²) >= 11 is 0. The lowest BCUT2D eigenvalue weighted by molar-refractivity contribution is -0.121. The van der Waals surface area contributed by atoms with Gasteiger partial charge in [0.2, 0.25) is 5.91 Å². The van der Waals surface area contributed by atoms with Crippen molar-refractivity contribution >= 4 is 11.7 Å². The molecule has 2 heterocycles. The Morgan fingerprint density at radius 1 is 1.07 bits per heavy atom. The third kappa shape index (κ3) is 4.53. The highest BCUT2D eigenvalue weighted by Crippen LogP contribution is 2.36.